The maximum atomic E-state index is 11.9. The summed E-state index contributed by atoms with van der Waals surface area (Å²) < 4.78 is 23.6. The van der Waals surface area contributed by atoms with Gasteiger partial charge in [0.25, 0.3) is 5.56 Å². The molecule has 0 bridgehead atoms. The fraction of sp³-hybridized carbons (Fsp3) is 0.375. The number of nitrogens with one attached hydrogen (secondary N) is 1. The standard InChI is InChI=1S/C16H16ClN2O7P/c17-10-6-19(16(22)18-15(10)21)14-5-11(20)13(25-14)8-24-27-23-7-9-3-1-2-4-12(9)26-27/h1-4,6,11,13-14,20H,5,7-8H2,(H,18,21,22). The van der Waals surface area contributed by atoms with Crippen LogP contribution >= 0.6 is 20.2 Å². The zero-order valence-corrected chi connectivity index (χ0v) is 15.6. The van der Waals surface area contributed by atoms with E-state index in [-0.39, 0.29) is 18.1 Å². The summed E-state index contributed by atoms with van der Waals surface area (Å²) in [6.07, 6.45) is -0.965. The largest absolute Gasteiger partial charge is 0.426 e. The fourth-order valence-corrected chi connectivity index (χ4v) is 4.03. The van der Waals surface area contributed by atoms with Gasteiger partial charge in [0.05, 0.1) is 19.3 Å². The van der Waals surface area contributed by atoms with E-state index in [1.165, 1.54) is 6.20 Å². The molecule has 0 spiro atoms. The first-order chi connectivity index (χ1) is 13.0. The molecule has 1 aromatic carbocycles. The topological polar surface area (TPSA) is 112 Å². The van der Waals surface area contributed by atoms with Gasteiger partial charge in [-0.05, 0) is 6.07 Å². The number of halogens is 1. The molecule has 2 aromatic rings. The van der Waals surface area contributed by atoms with E-state index in [9.17, 15) is 14.7 Å². The molecule has 2 aliphatic rings. The smallest absolute Gasteiger partial charge is 0.397 e. The van der Waals surface area contributed by atoms with Gasteiger partial charge in [0, 0.05) is 18.2 Å². The van der Waals surface area contributed by atoms with Gasteiger partial charge in [-0.1, -0.05) is 29.8 Å². The number of rotatable bonds is 4. The number of ether oxygens (including phenoxy) is 1. The van der Waals surface area contributed by atoms with Crippen molar-refractivity contribution in [2.45, 2.75) is 31.5 Å². The molecule has 0 aliphatic carbocycles. The predicted octanol–water partition coefficient (Wildman–Crippen LogP) is 1.69. The van der Waals surface area contributed by atoms with Crippen LogP contribution in [0.4, 0.5) is 0 Å². The van der Waals surface area contributed by atoms with Gasteiger partial charge in [-0.3, -0.25) is 23.4 Å². The van der Waals surface area contributed by atoms with Gasteiger partial charge >= 0.3 is 14.3 Å². The van der Waals surface area contributed by atoms with E-state index >= 15 is 0 Å². The molecule has 0 amide bonds. The first-order valence-electron chi connectivity index (χ1n) is 8.17. The fourth-order valence-electron chi connectivity index (χ4n) is 2.85. The maximum absolute atomic E-state index is 11.9. The SMILES string of the molecule is O=c1[nH]c(=O)n(C2CC(O)C(COP3OCc4ccccc4O3)O2)cc1Cl. The van der Waals surface area contributed by atoms with E-state index in [0.717, 1.165) is 10.1 Å². The van der Waals surface area contributed by atoms with Crippen molar-refractivity contribution in [2.24, 2.45) is 0 Å². The van der Waals surface area contributed by atoms with Crippen LogP contribution in [0.15, 0.2) is 40.1 Å². The number of aromatic nitrogens is 2. The maximum Gasteiger partial charge on any atom is 0.397 e. The molecule has 2 aliphatic heterocycles. The lowest BCUT2D eigenvalue weighted by Gasteiger charge is -2.25. The number of aromatic amines is 1. The summed E-state index contributed by atoms with van der Waals surface area (Å²) in [7, 11) is -1.61. The minimum absolute atomic E-state index is 0.0252. The number of hydrogen-bond acceptors (Lipinski definition) is 7. The Kier molecular flexibility index (Phi) is 5.32. The molecule has 1 fully saturated rings. The van der Waals surface area contributed by atoms with Crippen molar-refractivity contribution in [2.75, 3.05) is 6.61 Å². The van der Waals surface area contributed by atoms with Crippen LogP contribution in [0.2, 0.25) is 5.02 Å². The third kappa shape index (κ3) is 3.94. The Bertz CT molecular complexity index is 949. The molecule has 0 radical (unpaired) electrons. The lowest BCUT2D eigenvalue weighted by atomic mass is 10.2. The monoisotopic (exact) mass is 414 g/mol. The third-order valence-corrected chi connectivity index (χ3v) is 5.57. The molecule has 1 saturated heterocycles. The molecule has 3 heterocycles. The highest BCUT2D eigenvalue weighted by atomic mass is 35.5. The Morgan fingerprint density at radius 2 is 2.19 bits per heavy atom. The number of para-hydroxylation sites is 1. The van der Waals surface area contributed by atoms with Gasteiger partial charge in [-0.15, -0.1) is 0 Å². The lowest BCUT2D eigenvalue weighted by molar-refractivity contribution is -0.0436. The average Bonchev–Trinajstić information content (AvgIpc) is 3.03. The van der Waals surface area contributed by atoms with Gasteiger partial charge < -0.3 is 14.4 Å². The first-order valence-corrected chi connectivity index (χ1v) is 9.65. The Hall–Kier alpha value is -1.74. The molecule has 9 nitrogen and oxygen atoms in total. The number of benzene rings is 1. The number of hydrogen-bond donors (Lipinski definition) is 2. The second kappa shape index (κ2) is 7.71. The van der Waals surface area contributed by atoms with Crippen molar-refractivity contribution >= 4 is 20.2 Å². The molecule has 2 N–H and O–H groups in total. The summed E-state index contributed by atoms with van der Waals surface area (Å²) >= 11 is 5.76. The van der Waals surface area contributed by atoms with Crippen LogP contribution in [0.25, 0.3) is 0 Å². The highest BCUT2D eigenvalue weighted by molar-refractivity contribution is 7.42. The zero-order chi connectivity index (χ0) is 19.0. The van der Waals surface area contributed by atoms with E-state index in [0.29, 0.717) is 12.4 Å². The number of fused-ring (bicyclic) bond motifs is 1. The van der Waals surface area contributed by atoms with E-state index in [1.54, 1.807) is 0 Å². The van der Waals surface area contributed by atoms with Crippen LogP contribution in [0.5, 0.6) is 5.75 Å². The molecule has 4 atom stereocenters. The van der Waals surface area contributed by atoms with E-state index in [4.69, 9.17) is 29.9 Å². The molecule has 4 rings (SSSR count). The van der Waals surface area contributed by atoms with Crippen molar-refractivity contribution in [1.82, 2.24) is 9.55 Å². The molecule has 1 aromatic heterocycles. The van der Waals surface area contributed by atoms with Crippen LogP contribution in [0, 0.1) is 0 Å². The Labute approximate surface area is 159 Å². The van der Waals surface area contributed by atoms with E-state index in [1.807, 2.05) is 24.3 Å². The summed E-state index contributed by atoms with van der Waals surface area (Å²) in [4.78, 5) is 25.4. The molecule has 11 heteroatoms. The normalized spacial score (nSPS) is 27.2. The molecular formula is C16H16ClN2O7P. The van der Waals surface area contributed by atoms with Gasteiger partial charge in [-0.2, -0.15) is 0 Å². The molecule has 144 valence electrons. The number of aliphatic hydroxyl groups is 1. The Balaban J connectivity index is 1.38. The van der Waals surface area contributed by atoms with Crippen molar-refractivity contribution < 1.29 is 23.4 Å². The Morgan fingerprint density at radius 3 is 3.04 bits per heavy atom. The Morgan fingerprint density at radius 1 is 1.37 bits per heavy atom. The van der Waals surface area contributed by atoms with E-state index in [2.05, 4.69) is 4.98 Å². The average molecular weight is 415 g/mol. The number of aliphatic hydroxyl groups excluding tert-OH is 1. The molecule has 0 saturated carbocycles. The van der Waals surface area contributed by atoms with Crippen molar-refractivity contribution in [1.29, 1.82) is 0 Å². The summed E-state index contributed by atoms with van der Waals surface area (Å²) in [6, 6.07) is 7.50. The second-order valence-electron chi connectivity index (χ2n) is 6.07. The molecule has 27 heavy (non-hydrogen) atoms. The van der Waals surface area contributed by atoms with Crippen molar-refractivity contribution in [3.63, 3.8) is 0 Å². The van der Waals surface area contributed by atoms with Crippen LogP contribution in [0.3, 0.4) is 0 Å². The van der Waals surface area contributed by atoms with Crippen LogP contribution in [0.1, 0.15) is 18.2 Å². The van der Waals surface area contributed by atoms with Gasteiger partial charge in [0.1, 0.15) is 23.1 Å². The highest BCUT2D eigenvalue weighted by Crippen LogP contribution is 2.47. The summed E-state index contributed by atoms with van der Waals surface area (Å²) in [5, 5.41) is 10.1. The quantitative estimate of drug-likeness (QED) is 0.732. The molecular weight excluding hydrogens is 399 g/mol. The zero-order valence-electron chi connectivity index (χ0n) is 13.9. The number of nitrogens with zero attached hydrogens (tertiary/aromatic N) is 1. The van der Waals surface area contributed by atoms with Gasteiger partial charge in [0.15, 0.2) is 0 Å². The lowest BCUT2D eigenvalue weighted by Crippen LogP contribution is -2.32. The molecule has 4 unspecified atom stereocenters. The van der Waals surface area contributed by atoms with Crippen LogP contribution < -0.4 is 15.8 Å². The van der Waals surface area contributed by atoms with E-state index < -0.39 is 38.3 Å². The second-order valence-corrected chi connectivity index (χ2v) is 7.62. The van der Waals surface area contributed by atoms with Gasteiger partial charge in [-0.25, -0.2) is 4.79 Å². The van der Waals surface area contributed by atoms with Crippen LogP contribution in [-0.2, 0) is 20.4 Å². The van der Waals surface area contributed by atoms with Gasteiger partial charge in [0.2, 0.25) is 0 Å². The van der Waals surface area contributed by atoms with Crippen LogP contribution in [-0.4, -0.2) is 33.5 Å². The third-order valence-electron chi connectivity index (χ3n) is 4.25. The summed E-state index contributed by atoms with van der Waals surface area (Å²) in [6.45, 7) is 0.404. The number of H-pyrrole nitrogens is 1. The predicted molar refractivity (Wildman–Crippen MR) is 95.6 cm³/mol. The highest BCUT2D eigenvalue weighted by Gasteiger charge is 2.37. The first kappa shape index (κ1) is 18.6. The summed E-state index contributed by atoms with van der Waals surface area (Å²) in [5.74, 6) is 0.704. The minimum atomic E-state index is -1.61. The van der Waals surface area contributed by atoms with Crippen molar-refractivity contribution in [3.8, 4) is 5.75 Å². The summed E-state index contributed by atoms with van der Waals surface area (Å²) in [5.41, 5.74) is -0.402. The minimum Gasteiger partial charge on any atom is -0.426 e. The van der Waals surface area contributed by atoms with Crippen molar-refractivity contribution in [3.05, 3.63) is 61.9 Å².